The molecule has 0 aromatic rings. The monoisotopic (exact) mass is 302 g/mol. The highest BCUT2D eigenvalue weighted by molar-refractivity contribution is 5.85. The first kappa shape index (κ1) is 17.4. The van der Waals surface area contributed by atoms with Gasteiger partial charge in [-0.1, -0.05) is 6.92 Å². The Hall–Kier alpha value is -1.67. The molecule has 0 spiro atoms. The van der Waals surface area contributed by atoms with Crippen molar-refractivity contribution < 1.29 is 29.3 Å². The highest BCUT2D eigenvalue weighted by atomic mass is 16.5. The summed E-state index contributed by atoms with van der Waals surface area (Å²) in [6, 6.07) is -1.19. The van der Waals surface area contributed by atoms with E-state index in [1.807, 2.05) is 6.92 Å². The van der Waals surface area contributed by atoms with Gasteiger partial charge in [-0.25, -0.2) is 4.79 Å². The van der Waals surface area contributed by atoms with Crippen molar-refractivity contribution >= 4 is 17.8 Å². The fourth-order valence-corrected chi connectivity index (χ4v) is 2.27. The average molecular weight is 302 g/mol. The number of hydrogen-bond donors (Lipinski definition) is 4. The van der Waals surface area contributed by atoms with Crippen LogP contribution in [0, 0.1) is 5.92 Å². The summed E-state index contributed by atoms with van der Waals surface area (Å²) in [6.07, 6.45) is 0.170. The van der Waals surface area contributed by atoms with Crippen LogP contribution in [0.25, 0.3) is 0 Å². The first-order valence-electron chi connectivity index (χ1n) is 7.01. The predicted octanol–water partition coefficient (Wildman–Crippen LogP) is -0.565. The highest BCUT2D eigenvalue weighted by Crippen LogP contribution is 2.14. The molecular weight excluding hydrogens is 280 g/mol. The van der Waals surface area contributed by atoms with Crippen LogP contribution >= 0.6 is 0 Å². The van der Waals surface area contributed by atoms with E-state index in [0.717, 1.165) is 0 Å². The van der Waals surface area contributed by atoms with Crippen molar-refractivity contribution in [2.45, 2.75) is 38.3 Å². The van der Waals surface area contributed by atoms with Gasteiger partial charge < -0.3 is 25.6 Å². The Balaban J connectivity index is 2.51. The van der Waals surface area contributed by atoms with Crippen LogP contribution in [0.15, 0.2) is 0 Å². The Labute approximate surface area is 122 Å². The van der Waals surface area contributed by atoms with Gasteiger partial charge in [0.1, 0.15) is 6.04 Å². The van der Waals surface area contributed by atoms with Crippen LogP contribution in [0.3, 0.4) is 0 Å². The second kappa shape index (κ2) is 8.58. The lowest BCUT2D eigenvalue weighted by molar-refractivity contribution is -0.143. The van der Waals surface area contributed by atoms with E-state index in [0.29, 0.717) is 13.2 Å². The largest absolute Gasteiger partial charge is 0.481 e. The van der Waals surface area contributed by atoms with Gasteiger partial charge >= 0.3 is 11.9 Å². The summed E-state index contributed by atoms with van der Waals surface area (Å²) in [6.45, 7) is 3.28. The molecule has 1 fully saturated rings. The zero-order valence-electron chi connectivity index (χ0n) is 12.0. The summed E-state index contributed by atoms with van der Waals surface area (Å²) in [5.41, 5.74) is 0. The summed E-state index contributed by atoms with van der Waals surface area (Å²) in [7, 11) is 0. The second-order valence-corrected chi connectivity index (χ2v) is 4.99. The standard InChI is InChI=1S/C13H22N2O6/c1-2-14-10-7-21-6-8(10)12(18)15-9(13(19)20)4-3-5-11(16)17/h8-10,14H,2-7H2,1H3,(H,15,18)(H,16,17)(H,19,20)/t8?,9-,10?/m1/s1. The molecule has 3 atom stereocenters. The fraction of sp³-hybridized carbons (Fsp3) is 0.769. The number of carboxylic acids is 2. The van der Waals surface area contributed by atoms with E-state index in [1.165, 1.54) is 0 Å². The van der Waals surface area contributed by atoms with Crippen LogP contribution in [-0.2, 0) is 19.1 Å². The maximum atomic E-state index is 12.1. The van der Waals surface area contributed by atoms with Crippen LogP contribution < -0.4 is 10.6 Å². The van der Waals surface area contributed by atoms with Crippen LogP contribution in [0.1, 0.15) is 26.2 Å². The maximum Gasteiger partial charge on any atom is 0.326 e. The first-order chi connectivity index (χ1) is 9.95. The molecule has 0 radical (unpaired) electrons. The lowest BCUT2D eigenvalue weighted by atomic mass is 10.0. The molecule has 120 valence electrons. The van der Waals surface area contributed by atoms with Crippen molar-refractivity contribution in [3.05, 3.63) is 0 Å². The zero-order chi connectivity index (χ0) is 15.8. The van der Waals surface area contributed by atoms with Crippen molar-refractivity contribution in [3.63, 3.8) is 0 Å². The highest BCUT2D eigenvalue weighted by Gasteiger charge is 2.35. The fourth-order valence-electron chi connectivity index (χ4n) is 2.27. The Kier molecular flexibility index (Phi) is 7.10. The van der Waals surface area contributed by atoms with Gasteiger partial charge in [0.15, 0.2) is 0 Å². The van der Waals surface area contributed by atoms with Crippen LogP contribution in [-0.4, -0.2) is 59.9 Å². The molecule has 1 amide bonds. The second-order valence-electron chi connectivity index (χ2n) is 4.99. The number of nitrogens with one attached hydrogen (secondary N) is 2. The topological polar surface area (TPSA) is 125 Å². The molecule has 8 nitrogen and oxygen atoms in total. The molecular formula is C13H22N2O6. The van der Waals surface area contributed by atoms with Gasteiger partial charge in [-0.3, -0.25) is 9.59 Å². The normalized spacial score (nSPS) is 22.7. The molecule has 1 rings (SSSR count). The maximum absolute atomic E-state index is 12.1. The molecule has 1 saturated heterocycles. The zero-order valence-corrected chi connectivity index (χ0v) is 12.0. The summed E-state index contributed by atoms with van der Waals surface area (Å²) in [5.74, 6) is -2.94. The van der Waals surface area contributed by atoms with E-state index in [2.05, 4.69) is 10.6 Å². The van der Waals surface area contributed by atoms with Crippen LogP contribution in [0.2, 0.25) is 0 Å². The summed E-state index contributed by atoms with van der Waals surface area (Å²) >= 11 is 0. The average Bonchev–Trinajstić information content (AvgIpc) is 2.85. The van der Waals surface area contributed by atoms with Gasteiger partial charge in [-0.2, -0.15) is 0 Å². The molecule has 4 N–H and O–H groups in total. The number of carbonyl (C=O) groups excluding carboxylic acids is 1. The van der Waals surface area contributed by atoms with Crippen LogP contribution in [0.4, 0.5) is 0 Å². The van der Waals surface area contributed by atoms with E-state index in [1.54, 1.807) is 0 Å². The van der Waals surface area contributed by atoms with E-state index >= 15 is 0 Å². The Morgan fingerprint density at radius 3 is 2.57 bits per heavy atom. The molecule has 1 heterocycles. The summed E-state index contributed by atoms with van der Waals surface area (Å²) in [5, 5.41) is 23.2. The number of likely N-dealkylation sites (N-methyl/N-ethyl adjacent to an activating group) is 1. The van der Waals surface area contributed by atoms with Crippen LogP contribution in [0.5, 0.6) is 0 Å². The Morgan fingerprint density at radius 1 is 1.29 bits per heavy atom. The number of hydrogen-bond acceptors (Lipinski definition) is 5. The van der Waals surface area contributed by atoms with Gasteiger partial charge in [0, 0.05) is 12.5 Å². The molecule has 1 aliphatic rings. The van der Waals surface area contributed by atoms with Crippen molar-refractivity contribution in [2.75, 3.05) is 19.8 Å². The number of rotatable bonds is 9. The predicted molar refractivity (Wildman–Crippen MR) is 72.8 cm³/mol. The third-order valence-corrected chi connectivity index (χ3v) is 3.38. The first-order valence-corrected chi connectivity index (χ1v) is 7.01. The van der Waals surface area contributed by atoms with E-state index < -0.39 is 23.9 Å². The number of carboxylic acid groups (broad SMARTS) is 2. The Bertz CT molecular complexity index is 387. The molecule has 8 heteroatoms. The van der Waals surface area contributed by atoms with Crippen molar-refractivity contribution in [2.24, 2.45) is 5.92 Å². The lowest BCUT2D eigenvalue weighted by Crippen LogP contribution is -2.49. The Morgan fingerprint density at radius 2 is 2.00 bits per heavy atom. The van der Waals surface area contributed by atoms with Gasteiger partial charge in [0.25, 0.3) is 0 Å². The molecule has 0 saturated carbocycles. The van der Waals surface area contributed by atoms with Gasteiger partial charge in [0.2, 0.25) is 5.91 Å². The smallest absolute Gasteiger partial charge is 0.326 e. The number of amides is 1. The minimum Gasteiger partial charge on any atom is -0.481 e. The lowest BCUT2D eigenvalue weighted by Gasteiger charge is -2.20. The summed E-state index contributed by atoms with van der Waals surface area (Å²) in [4.78, 5) is 33.7. The van der Waals surface area contributed by atoms with Gasteiger partial charge in [-0.15, -0.1) is 0 Å². The van der Waals surface area contributed by atoms with Crippen molar-refractivity contribution in [1.82, 2.24) is 10.6 Å². The molecule has 0 aromatic heterocycles. The van der Waals surface area contributed by atoms with Gasteiger partial charge in [-0.05, 0) is 19.4 Å². The molecule has 0 aromatic carbocycles. The number of aliphatic carboxylic acids is 2. The van der Waals surface area contributed by atoms with Crippen molar-refractivity contribution in [1.29, 1.82) is 0 Å². The van der Waals surface area contributed by atoms with Gasteiger partial charge in [0.05, 0.1) is 19.1 Å². The molecule has 0 aliphatic carbocycles. The molecule has 21 heavy (non-hydrogen) atoms. The third kappa shape index (κ3) is 5.68. The number of ether oxygens (including phenoxy) is 1. The minimum atomic E-state index is -1.16. The van der Waals surface area contributed by atoms with Crippen molar-refractivity contribution in [3.8, 4) is 0 Å². The number of carbonyl (C=O) groups is 3. The molecule has 1 aliphatic heterocycles. The van der Waals surface area contributed by atoms with E-state index in [-0.39, 0.29) is 37.8 Å². The third-order valence-electron chi connectivity index (χ3n) is 3.38. The molecule has 0 bridgehead atoms. The SMILES string of the molecule is CCNC1COCC1C(=O)N[C@H](CCCC(=O)O)C(=O)O. The quantitative estimate of drug-likeness (QED) is 0.449. The van der Waals surface area contributed by atoms with E-state index in [4.69, 9.17) is 14.9 Å². The van der Waals surface area contributed by atoms with E-state index in [9.17, 15) is 14.4 Å². The summed E-state index contributed by atoms with van der Waals surface area (Å²) < 4.78 is 5.25. The minimum absolute atomic E-state index is 0.0901. The molecule has 2 unspecified atom stereocenters.